The lowest BCUT2D eigenvalue weighted by Crippen LogP contribution is -2.52. The first-order valence-corrected chi connectivity index (χ1v) is 6.43. The van der Waals surface area contributed by atoms with Gasteiger partial charge < -0.3 is 5.32 Å². The lowest BCUT2D eigenvalue weighted by Gasteiger charge is -2.33. The highest BCUT2D eigenvalue weighted by Gasteiger charge is 2.32. The summed E-state index contributed by atoms with van der Waals surface area (Å²) in [4.78, 5) is 2.67. The van der Waals surface area contributed by atoms with E-state index in [4.69, 9.17) is 0 Å². The molecule has 1 aliphatic heterocycles. The van der Waals surface area contributed by atoms with Crippen LogP contribution in [0.2, 0.25) is 0 Å². The topological polar surface area (TPSA) is 15.3 Å². The van der Waals surface area contributed by atoms with E-state index < -0.39 is 0 Å². The normalized spacial score (nSPS) is 26.9. The van der Waals surface area contributed by atoms with Gasteiger partial charge in [-0.1, -0.05) is 30.3 Å². The van der Waals surface area contributed by atoms with Crippen molar-refractivity contribution in [2.75, 3.05) is 19.6 Å². The summed E-state index contributed by atoms with van der Waals surface area (Å²) in [5.74, 6) is 0. The van der Waals surface area contributed by atoms with Crippen molar-refractivity contribution in [2.24, 2.45) is 0 Å². The zero-order valence-corrected chi connectivity index (χ0v) is 9.73. The maximum absolute atomic E-state index is 3.64. The molecule has 1 heterocycles. The zero-order valence-electron chi connectivity index (χ0n) is 9.73. The molecule has 2 fully saturated rings. The molecule has 86 valence electrons. The number of nitrogens with zero attached hydrogens (tertiary/aromatic N) is 1. The van der Waals surface area contributed by atoms with E-state index >= 15 is 0 Å². The lowest BCUT2D eigenvalue weighted by molar-refractivity contribution is 0.190. The Labute approximate surface area is 97.6 Å². The second-order valence-electron chi connectivity index (χ2n) is 5.07. The monoisotopic (exact) mass is 216 g/mol. The number of hydrogen-bond donors (Lipinski definition) is 1. The van der Waals surface area contributed by atoms with E-state index in [0.29, 0.717) is 6.04 Å². The summed E-state index contributed by atoms with van der Waals surface area (Å²) in [6.45, 7) is 3.64. The summed E-state index contributed by atoms with van der Waals surface area (Å²) in [5, 5.41) is 3.64. The molecule has 1 unspecified atom stereocenters. The van der Waals surface area contributed by atoms with E-state index in [0.717, 1.165) is 12.6 Å². The molecule has 2 nitrogen and oxygen atoms in total. The van der Waals surface area contributed by atoms with Crippen molar-refractivity contribution in [1.82, 2.24) is 10.2 Å². The van der Waals surface area contributed by atoms with E-state index in [2.05, 4.69) is 40.5 Å². The average molecular weight is 216 g/mol. The molecule has 0 spiro atoms. The Balaban J connectivity index is 1.58. The maximum Gasteiger partial charge on any atom is 0.0236 e. The Hall–Kier alpha value is -0.860. The highest BCUT2D eigenvalue weighted by Crippen LogP contribution is 2.27. The smallest absolute Gasteiger partial charge is 0.0236 e. The predicted octanol–water partition coefficient (Wildman–Crippen LogP) is 1.67. The summed E-state index contributed by atoms with van der Waals surface area (Å²) >= 11 is 0. The van der Waals surface area contributed by atoms with Crippen molar-refractivity contribution in [2.45, 2.75) is 31.3 Å². The Kier molecular flexibility index (Phi) is 2.94. The molecule has 1 N–H and O–H groups in total. The van der Waals surface area contributed by atoms with Crippen molar-refractivity contribution in [3.8, 4) is 0 Å². The van der Waals surface area contributed by atoms with Crippen LogP contribution < -0.4 is 5.32 Å². The molecule has 0 radical (unpaired) electrons. The van der Waals surface area contributed by atoms with Crippen LogP contribution in [0.15, 0.2) is 30.3 Å². The lowest BCUT2D eigenvalue weighted by atomic mass is 10.0. The van der Waals surface area contributed by atoms with Gasteiger partial charge in [-0.2, -0.15) is 0 Å². The van der Waals surface area contributed by atoms with Gasteiger partial charge in [0.25, 0.3) is 0 Å². The van der Waals surface area contributed by atoms with Gasteiger partial charge in [0, 0.05) is 31.7 Å². The molecule has 16 heavy (non-hydrogen) atoms. The third kappa shape index (κ3) is 2.45. The first kappa shape index (κ1) is 10.3. The van der Waals surface area contributed by atoms with Crippen molar-refractivity contribution >= 4 is 0 Å². The van der Waals surface area contributed by atoms with Crippen LogP contribution in [0.25, 0.3) is 0 Å². The molecule has 0 amide bonds. The number of rotatable bonds is 3. The van der Waals surface area contributed by atoms with Crippen LogP contribution in [0, 0.1) is 0 Å². The van der Waals surface area contributed by atoms with Crippen molar-refractivity contribution in [1.29, 1.82) is 0 Å². The molecular formula is C14H20N2. The Morgan fingerprint density at radius 1 is 1.19 bits per heavy atom. The molecule has 1 aromatic rings. The molecule has 0 aromatic heterocycles. The van der Waals surface area contributed by atoms with E-state index in [-0.39, 0.29) is 0 Å². The second-order valence-corrected chi connectivity index (χ2v) is 5.07. The van der Waals surface area contributed by atoms with Gasteiger partial charge in [0.05, 0.1) is 0 Å². The van der Waals surface area contributed by atoms with Crippen molar-refractivity contribution < 1.29 is 0 Å². The fourth-order valence-electron chi connectivity index (χ4n) is 2.66. The largest absolute Gasteiger partial charge is 0.311 e. The quantitative estimate of drug-likeness (QED) is 0.827. The van der Waals surface area contributed by atoms with Crippen LogP contribution in [0.3, 0.4) is 0 Å². The van der Waals surface area contributed by atoms with Gasteiger partial charge in [-0.25, -0.2) is 0 Å². The van der Waals surface area contributed by atoms with Crippen molar-refractivity contribution in [3.63, 3.8) is 0 Å². The number of nitrogens with one attached hydrogen (secondary N) is 1. The Morgan fingerprint density at radius 2 is 2.00 bits per heavy atom. The summed E-state index contributed by atoms with van der Waals surface area (Å²) in [6, 6.07) is 12.4. The molecule has 1 saturated heterocycles. The van der Waals surface area contributed by atoms with Crippen LogP contribution >= 0.6 is 0 Å². The number of hydrogen-bond acceptors (Lipinski definition) is 2. The van der Waals surface area contributed by atoms with E-state index in [1.165, 1.54) is 37.9 Å². The minimum Gasteiger partial charge on any atom is -0.311 e. The molecule has 2 aliphatic rings. The highest BCUT2D eigenvalue weighted by molar-refractivity contribution is 5.16. The molecule has 1 aromatic carbocycles. The summed E-state index contributed by atoms with van der Waals surface area (Å²) in [6.07, 6.45) is 4.03. The number of benzene rings is 1. The van der Waals surface area contributed by atoms with Gasteiger partial charge in [0.15, 0.2) is 0 Å². The predicted molar refractivity (Wildman–Crippen MR) is 66.5 cm³/mol. The first-order chi connectivity index (χ1) is 7.92. The maximum atomic E-state index is 3.64. The van der Waals surface area contributed by atoms with Gasteiger partial charge in [-0.15, -0.1) is 0 Å². The van der Waals surface area contributed by atoms with Gasteiger partial charge in [0.2, 0.25) is 0 Å². The zero-order chi connectivity index (χ0) is 10.8. The fraction of sp³-hybridized carbons (Fsp3) is 0.571. The third-order valence-corrected chi connectivity index (χ3v) is 3.68. The molecule has 3 rings (SSSR count). The Morgan fingerprint density at radius 3 is 2.75 bits per heavy atom. The van der Waals surface area contributed by atoms with Gasteiger partial charge in [-0.3, -0.25) is 4.90 Å². The van der Waals surface area contributed by atoms with Crippen molar-refractivity contribution in [3.05, 3.63) is 35.9 Å². The fourth-order valence-corrected chi connectivity index (χ4v) is 2.66. The van der Waals surface area contributed by atoms with Crippen LogP contribution in [0.5, 0.6) is 0 Å². The second kappa shape index (κ2) is 4.56. The molecule has 1 atom stereocenters. The number of piperazine rings is 1. The minimum absolute atomic E-state index is 0.650. The van der Waals surface area contributed by atoms with E-state index in [9.17, 15) is 0 Å². The van der Waals surface area contributed by atoms with E-state index in [1.54, 1.807) is 0 Å². The SMILES string of the molecule is c1ccc(CC2CN(C3CC3)CCN2)cc1. The summed E-state index contributed by atoms with van der Waals surface area (Å²) in [7, 11) is 0. The summed E-state index contributed by atoms with van der Waals surface area (Å²) in [5.41, 5.74) is 1.46. The third-order valence-electron chi connectivity index (χ3n) is 3.68. The van der Waals surface area contributed by atoms with Crippen LogP contribution in [-0.2, 0) is 6.42 Å². The van der Waals surface area contributed by atoms with Crippen LogP contribution in [-0.4, -0.2) is 36.6 Å². The standard InChI is InChI=1S/C14H20N2/c1-2-4-12(5-3-1)10-13-11-16(9-8-15-13)14-6-7-14/h1-5,13-15H,6-11H2. The van der Waals surface area contributed by atoms with E-state index in [1.807, 2.05) is 0 Å². The minimum atomic E-state index is 0.650. The van der Waals surface area contributed by atoms with Gasteiger partial charge in [-0.05, 0) is 24.8 Å². The highest BCUT2D eigenvalue weighted by atomic mass is 15.2. The van der Waals surface area contributed by atoms with Crippen LogP contribution in [0.4, 0.5) is 0 Å². The Bertz CT molecular complexity index is 332. The molecule has 2 heteroatoms. The summed E-state index contributed by atoms with van der Waals surface area (Å²) < 4.78 is 0. The molecule has 0 bridgehead atoms. The molecular weight excluding hydrogens is 196 g/mol. The first-order valence-electron chi connectivity index (χ1n) is 6.43. The molecule has 1 saturated carbocycles. The van der Waals surface area contributed by atoms with Gasteiger partial charge in [0.1, 0.15) is 0 Å². The average Bonchev–Trinajstić information content (AvgIpc) is 3.15. The van der Waals surface area contributed by atoms with Crippen LogP contribution in [0.1, 0.15) is 18.4 Å². The van der Waals surface area contributed by atoms with Gasteiger partial charge >= 0.3 is 0 Å². The molecule has 1 aliphatic carbocycles.